The number of fused-ring (bicyclic) bond motifs is 1. The molecule has 0 amide bonds. The largest absolute Gasteiger partial charge is 0.481 e. The van der Waals surface area contributed by atoms with Gasteiger partial charge in [-0.15, -0.1) is 0 Å². The second-order valence-corrected chi connectivity index (χ2v) is 5.25. The molecule has 1 unspecified atom stereocenters. The third-order valence-corrected chi connectivity index (χ3v) is 3.60. The van der Waals surface area contributed by atoms with Crippen molar-refractivity contribution in [3.8, 4) is 0 Å². The maximum Gasteiger partial charge on any atom is 0.303 e. The van der Waals surface area contributed by atoms with Crippen LogP contribution in [0.1, 0.15) is 31.6 Å². The lowest BCUT2D eigenvalue weighted by Crippen LogP contribution is -2.21. The minimum atomic E-state index is -0.753. The van der Waals surface area contributed by atoms with Crippen LogP contribution in [0.15, 0.2) is 24.3 Å². The molecule has 1 heterocycles. The fourth-order valence-electron chi connectivity index (χ4n) is 2.27. The van der Waals surface area contributed by atoms with Crippen LogP contribution in [0, 0.1) is 0 Å². The van der Waals surface area contributed by atoms with Crippen molar-refractivity contribution in [1.29, 1.82) is 0 Å². The third kappa shape index (κ3) is 2.99. The van der Waals surface area contributed by atoms with E-state index in [1.165, 1.54) is 0 Å². The maximum atomic E-state index is 10.7. The quantitative estimate of drug-likeness (QED) is 0.880. The zero-order valence-corrected chi connectivity index (χ0v) is 12.2. The Bertz CT molecular complexity index is 604. The molecule has 0 aliphatic rings. The Morgan fingerprint density at radius 3 is 2.75 bits per heavy atom. The number of aryl methyl sites for hydroxylation is 1. The topological polar surface area (TPSA) is 58.4 Å². The van der Waals surface area contributed by atoms with E-state index < -0.39 is 5.97 Å². The Labute approximate surface area is 118 Å². The normalized spacial score (nSPS) is 13.0. The van der Waals surface area contributed by atoms with Crippen LogP contribution in [0.2, 0.25) is 0 Å². The van der Waals surface area contributed by atoms with Crippen LogP contribution >= 0.6 is 0 Å². The maximum absolute atomic E-state index is 10.7. The molecular weight excluding hydrogens is 254 g/mol. The van der Waals surface area contributed by atoms with Crippen molar-refractivity contribution in [3.05, 3.63) is 30.1 Å². The van der Waals surface area contributed by atoms with Crippen LogP contribution in [0.5, 0.6) is 0 Å². The number of carbonyl (C=O) groups is 1. The molecular formula is C15H21N3O2. The highest BCUT2D eigenvalue weighted by atomic mass is 16.4. The van der Waals surface area contributed by atoms with Crippen molar-refractivity contribution < 1.29 is 9.90 Å². The molecule has 2 aromatic rings. The smallest absolute Gasteiger partial charge is 0.303 e. The highest BCUT2D eigenvalue weighted by Gasteiger charge is 2.17. The number of hydrogen-bond acceptors (Lipinski definition) is 3. The molecule has 0 spiro atoms. The van der Waals surface area contributed by atoms with Crippen LogP contribution in [0.3, 0.4) is 0 Å². The molecule has 0 aliphatic heterocycles. The lowest BCUT2D eigenvalue weighted by Gasteiger charge is -2.20. The van der Waals surface area contributed by atoms with Gasteiger partial charge in [-0.1, -0.05) is 12.1 Å². The Hall–Kier alpha value is -1.88. The summed E-state index contributed by atoms with van der Waals surface area (Å²) in [6.07, 6.45) is 0.797. The average Bonchev–Trinajstić information content (AvgIpc) is 2.76. The first kappa shape index (κ1) is 14.5. The van der Waals surface area contributed by atoms with Gasteiger partial charge in [0, 0.05) is 13.0 Å². The molecule has 2 rings (SSSR count). The van der Waals surface area contributed by atoms with Crippen LogP contribution in [0.4, 0.5) is 0 Å². The van der Waals surface area contributed by atoms with E-state index >= 15 is 0 Å². The number of benzene rings is 1. The minimum absolute atomic E-state index is 0.183. The fourth-order valence-corrected chi connectivity index (χ4v) is 2.27. The van der Waals surface area contributed by atoms with Gasteiger partial charge in [-0.05, 0) is 39.6 Å². The molecule has 0 saturated heterocycles. The lowest BCUT2D eigenvalue weighted by atomic mass is 10.2. The zero-order valence-electron chi connectivity index (χ0n) is 12.2. The summed E-state index contributed by atoms with van der Waals surface area (Å²) in [5.74, 6) is 0.234. The van der Waals surface area contributed by atoms with Crippen molar-refractivity contribution in [3.63, 3.8) is 0 Å². The summed E-state index contributed by atoms with van der Waals surface area (Å²) in [4.78, 5) is 17.5. The van der Waals surface area contributed by atoms with Gasteiger partial charge in [0.25, 0.3) is 0 Å². The number of carboxylic acid groups (broad SMARTS) is 1. The molecule has 1 aromatic carbocycles. The molecule has 1 N–H and O–H groups in total. The molecule has 0 aliphatic carbocycles. The molecule has 108 valence electrons. The fraction of sp³-hybridized carbons (Fsp3) is 0.467. The first-order chi connectivity index (χ1) is 9.50. The monoisotopic (exact) mass is 275 g/mol. The molecule has 1 aromatic heterocycles. The van der Waals surface area contributed by atoms with Crippen LogP contribution in [-0.2, 0) is 11.3 Å². The number of imidazole rings is 1. The van der Waals surface area contributed by atoms with Gasteiger partial charge in [-0.25, -0.2) is 4.98 Å². The molecule has 0 bridgehead atoms. The standard InChI is InChI=1S/C15H21N3O2/c1-11(17(2)3)15-16-12-7-4-5-8-13(12)18(15)10-6-9-14(19)20/h4-5,7-8,11H,6,9-10H2,1-3H3,(H,19,20). The number of hydrogen-bond donors (Lipinski definition) is 1. The van der Waals surface area contributed by atoms with Crippen molar-refractivity contribution in [2.75, 3.05) is 14.1 Å². The van der Waals surface area contributed by atoms with Crippen LogP contribution in [-0.4, -0.2) is 39.6 Å². The number of para-hydroxylation sites is 2. The van der Waals surface area contributed by atoms with E-state index in [1.807, 2.05) is 38.4 Å². The van der Waals surface area contributed by atoms with Gasteiger partial charge in [-0.3, -0.25) is 9.69 Å². The van der Waals surface area contributed by atoms with E-state index in [0.29, 0.717) is 13.0 Å². The summed E-state index contributed by atoms with van der Waals surface area (Å²) >= 11 is 0. The second kappa shape index (κ2) is 6.05. The van der Waals surface area contributed by atoms with Gasteiger partial charge < -0.3 is 9.67 Å². The van der Waals surface area contributed by atoms with Crippen molar-refractivity contribution in [2.45, 2.75) is 32.4 Å². The molecule has 0 saturated carbocycles. The van der Waals surface area contributed by atoms with E-state index in [2.05, 4.69) is 16.4 Å². The first-order valence-electron chi connectivity index (χ1n) is 6.84. The van der Waals surface area contributed by atoms with Crippen molar-refractivity contribution in [2.24, 2.45) is 0 Å². The predicted octanol–water partition coefficient (Wildman–Crippen LogP) is 2.52. The molecule has 0 fully saturated rings. The molecule has 5 heteroatoms. The zero-order chi connectivity index (χ0) is 14.7. The number of aromatic nitrogens is 2. The number of nitrogens with zero attached hydrogens (tertiary/aromatic N) is 3. The van der Waals surface area contributed by atoms with E-state index in [-0.39, 0.29) is 12.5 Å². The molecule has 0 radical (unpaired) electrons. The average molecular weight is 275 g/mol. The molecule has 1 atom stereocenters. The van der Waals surface area contributed by atoms with Gasteiger partial charge >= 0.3 is 5.97 Å². The first-order valence-corrected chi connectivity index (χ1v) is 6.84. The summed E-state index contributed by atoms with van der Waals surface area (Å²) in [5, 5.41) is 8.79. The van der Waals surface area contributed by atoms with Gasteiger partial charge in [-0.2, -0.15) is 0 Å². The Balaban J connectivity index is 2.36. The Morgan fingerprint density at radius 1 is 1.40 bits per heavy atom. The van der Waals surface area contributed by atoms with Gasteiger partial charge in [0.1, 0.15) is 5.82 Å². The number of carboxylic acids is 1. The Kier molecular flexibility index (Phi) is 4.39. The second-order valence-electron chi connectivity index (χ2n) is 5.25. The summed E-state index contributed by atoms with van der Waals surface area (Å²) in [7, 11) is 4.04. The van der Waals surface area contributed by atoms with Crippen molar-refractivity contribution >= 4 is 17.0 Å². The summed E-state index contributed by atoms with van der Waals surface area (Å²) < 4.78 is 2.14. The molecule has 20 heavy (non-hydrogen) atoms. The number of aliphatic carboxylic acids is 1. The van der Waals surface area contributed by atoms with Crippen LogP contribution in [0.25, 0.3) is 11.0 Å². The van der Waals surface area contributed by atoms with Crippen molar-refractivity contribution in [1.82, 2.24) is 14.5 Å². The van der Waals surface area contributed by atoms with Gasteiger partial charge in [0.2, 0.25) is 0 Å². The van der Waals surface area contributed by atoms with E-state index in [1.54, 1.807) is 0 Å². The Morgan fingerprint density at radius 2 is 2.10 bits per heavy atom. The summed E-state index contributed by atoms with van der Waals surface area (Å²) in [6, 6.07) is 8.18. The van der Waals surface area contributed by atoms with Crippen LogP contribution < -0.4 is 0 Å². The predicted molar refractivity (Wildman–Crippen MR) is 78.7 cm³/mol. The highest BCUT2D eigenvalue weighted by Crippen LogP contribution is 2.23. The number of rotatable bonds is 6. The third-order valence-electron chi connectivity index (χ3n) is 3.60. The minimum Gasteiger partial charge on any atom is -0.481 e. The van der Waals surface area contributed by atoms with E-state index in [4.69, 9.17) is 10.1 Å². The summed E-state index contributed by atoms with van der Waals surface area (Å²) in [6.45, 7) is 2.79. The SMILES string of the molecule is CC(c1nc2ccccc2n1CCCC(=O)O)N(C)C. The van der Waals surface area contributed by atoms with E-state index in [9.17, 15) is 4.79 Å². The lowest BCUT2D eigenvalue weighted by molar-refractivity contribution is -0.137. The summed E-state index contributed by atoms with van der Waals surface area (Å²) in [5.41, 5.74) is 2.04. The van der Waals surface area contributed by atoms with Gasteiger partial charge in [0.05, 0.1) is 17.1 Å². The van der Waals surface area contributed by atoms with Gasteiger partial charge in [0.15, 0.2) is 0 Å². The highest BCUT2D eigenvalue weighted by molar-refractivity contribution is 5.76. The molecule has 5 nitrogen and oxygen atoms in total. The van der Waals surface area contributed by atoms with E-state index in [0.717, 1.165) is 16.9 Å².